The van der Waals surface area contributed by atoms with E-state index in [0.717, 1.165) is 35.2 Å². The van der Waals surface area contributed by atoms with Crippen molar-refractivity contribution in [3.05, 3.63) is 34.7 Å². The summed E-state index contributed by atoms with van der Waals surface area (Å²) in [5, 5.41) is 6.11. The average Bonchev–Trinajstić information content (AvgIpc) is 3.04. The van der Waals surface area contributed by atoms with Crippen molar-refractivity contribution in [3.8, 4) is 0 Å². The van der Waals surface area contributed by atoms with Crippen LogP contribution in [0.2, 0.25) is 0 Å². The fourth-order valence-corrected chi connectivity index (χ4v) is 2.66. The number of hydrogen-bond donors (Lipinski definition) is 2. The summed E-state index contributed by atoms with van der Waals surface area (Å²) in [5.74, 6) is 0.0655. The highest BCUT2D eigenvalue weighted by atomic mass is 79.9. The van der Waals surface area contributed by atoms with Gasteiger partial charge in [-0.1, -0.05) is 0 Å². The normalized spacial score (nSPS) is 17.1. The van der Waals surface area contributed by atoms with E-state index in [2.05, 4.69) is 31.5 Å². The molecular formula is C13H17BrCl2N4O. The van der Waals surface area contributed by atoms with E-state index in [1.54, 1.807) is 0 Å². The molecule has 1 aliphatic heterocycles. The van der Waals surface area contributed by atoms with Gasteiger partial charge in [-0.05, 0) is 47.4 Å². The van der Waals surface area contributed by atoms with Crippen molar-refractivity contribution < 1.29 is 4.79 Å². The van der Waals surface area contributed by atoms with E-state index in [-0.39, 0.29) is 36.8 Å². The van der Waals surface area contributed by atoms with Gasteiger partial charge in [-0.15, -0.1) is 24.8 Å². The Morgan fingerprint density at radius 3 is 2.95 bits per heavy atom. The number of fused-ring (bicyclic) bond motifs is 1. The van der Waals surface area contributed by atoms with Crippen LogP contribution in [0.3, 0.4) is 0 Å². The lowest BCUT2D eigenvalue weighted by Gasteiger charge is -2.09. The molecule has 1 aliphatic rings. The molecule has 1 atom stereocenters. The van der Waals surface area contributed by atoms with Crippen molar-refractivity contribution in [3.63, 3.8) is 0 Å². The number of nitrogens with zero attached hydrogens (tertiary/aromatic N) is 2. The SMILES string of the molecule is Cl.Cl.O=C(NCc1cn2cc(Br)ccc2n1)C1CCCN1. The maximum atomic E-state index is 11.9. The second kappa shape index (κ2) is 7.98. The molecule has 3 rings (SSSR count). The van der Waals surface area contributed by atoms with Crippen molar-refractivity contribution in [2.24, 2.45) is 0 Å². The summed E-state index contributed by atoms with van der Waals surface area (Å²) in [5.41, 5.74) is 1.75. The Morgan fingerprint density at radius 2 is 2.24 bits per heavy atom. The molecule has 1 fully saturated rings. The number of carbonyl (C=O) groups is 1. The van der Waals surface area contributed by atoms with Crippen LogP contribution in [0.15, 0.2) is 29.0 Å². The van der Waals surface area contributed by atoms with Crippen molar-refractivity contribution in [2.45, 2.75) is 25.4 Å². The number of aromatic nitrogens is 2. The number of nitrogens with one attached hydrogen (secondary N) is 2. The van der Waals surface area contributed by atoms with Crippen LogP contribution in [0.5, 0.6) is 0 Å². The summed E-state index contributed by atoms with van der Waals surface area (Å²) in [6, 6.07) is 3.85. The molecule has 0 aromatic carbocycles. The van der Waals surface area contributed by atoms with Crippen LogP contribution in [0.25, 0.3) is 5.65 Å². The van der Waals surface area contributed by atoms with Gasteiger partial charge >= 0.3 is 0 Å². The first-order valence-electron chi connectivity index (χ1n) is 6.36. The molecule has 0 aliphatic carbocycles. The van der Waals surface area contributed by atoms with Gasteiger partial charge in [0.1, 0.15) is 5.65 Å². The van der Waals surface area contributed by atoms with Crippen molar-refractivity contribution >= 4 is 52.3 Å². The zero-order valence-electron chi connectivity index (χ0n) is 11.2. The number of pyridine rings is 1. The first kappa shape index (κ1) is 18.2. The predicted octanol–water partition coefficient (Wildman–Crippen LogP) is 2.31. The fourth-order valence-electron chi connectivity index (χ4n) is 2.31. The molecule has 2 aromatic heterocycles. The molecule has 2 aromatic rings. The maximum absolute atomic E-state index is 11.9. The fraction of sp³-hybridized carbons (Fsp3) is 0.385. The second-order valence-electron chi connectivity index (χ2n) is 4.71. The molecular weight excluding hydrogens is 379 g/mol. The number of halogens is 3. The van der Waals surface area contributed by atoms with E-state index in [1.165, 1.54) is 0 Å². The van der Waals surface area contributed by atoms with E-state index in [0.29, 0.717) is 6.54 Å². The quantitative estimate of drug-likeness (QED) is 0.838. The van der Waals surface area contributed by atoms with E-state index >= 15 is 0 Å². The predicted molar refractivity (Wildman–Crippen MR) is 90.3 cm³/mol. The monoisotopic (exact) mass is 394 g/mol. The molecule has 1 saturated heterocycles. The van der Waals surface area contributed by atoms with Crippen LogP contribution in [0.4, 0.5) is 0 Å². The molecule has 3 heterocycles. The number of hydrogen-bond acceptors (Lipinski definition) is 3. The molecule has 1 unspecified atom stereocenters. The zero-order valence-corrected chi connectivity index (χ0v) is 14.4. The number of imidazole rings is 1. The van der Waals surface area contributed by atoms with Gasteiger partial charge in [0, 0.05) is 16.9 Å². The first-order valence-corrected chi connectivity index (χ1v) is 7.16. The summed E-state index contributed by atoms with van der Waals surface area (Å²) < 4.78 is 2.95. The summed E-state index contributed by atoms with van der Waals surface area (Å²) >= 11 is 3.42. The highest BCUT2D eigenvalue weighted by Crippen LogP contribution is 2.12. The molecule has 21 heavy (non-hydrogen) atoms. The van der Waals surface area contributed by atoms with E-state index in [1.807, 2.05) is 28.9 Å². The van der Waals surface area contributed by atoms with Crippen LogP contribution in [0.1, 0.15) is 18.5 Å². The molecule has 0 spiro atoms. The summed E-state index contributed by atoms with van der Waals surface area (Å²) in [6.07, 6.45) is 5.87. The first-order chi connectivity index (χ1) is 9.22. The number of rotatable bonds is 3. The van der Waals surface area contributed by atoms with Gasteiger partial charge in [0.2, 0.25) is 5.91 Å². The Labute approximate surface area is 143 Å². The minimum absolute atomic E-state index is 0. The molecule has 2 N–H and O–H groups in total. The molecule has 1 amide bonds. The van der Waals surface area contributed by atoms with E-state index in [9.17, 15) is 4.79 Å². The van der Waals surface area contributed by atoms with Crippen molar-refractivity contribution in [1.29, 1.82) is 0 Å². The van der Waals surface area contributed by atoms with Gasteiger partial charge in [0.15, 0.2) is 0 Å². The lowest BCUT2D eigenvalue weighted by molar-refractivity contribution is -0.122. The molecule has 8 heteroatoms. The van der Waals surface area contributed by atoms with E-state index < -0.39 is 0 Å². The summed E-state index contributed by atoms with van der Waals surface area (Å²) in [7, 11) is 0. The molecule has 0 bridgehead atoms. The van der Waals surface area contributed by atoms with Gasteiger partial charge in [0.25, 0.3) is 0 Å². The lowest BCUT2D eigenvalue weighted by Crippen LogP contribution is -2.40. The van der Waals surface area contributed by atoms with Crippen molar-refractivity contribution in [2.75, 3.05) is 6.54 Å². The van der Waals surface area contributed by atoms with Gasteiger partial charge in [-0.3, -0.25) is 4.79 Å². The van der Waals surface area contributed by atoms with Crippen LogP contribution in [-0.4, -0.2) is 27.9 Å². The third kappa shape index (κ3) is 4.32. The number of carbonyl (C=O) groups excluding carboxylic acids is 1. The van der Waals surface area contributed by atoms with E-state index in [4.69, 9.17) is 0 Å². The molecule has 5 nitrogen and oxygen atoms in total. The lowest BCUT2D eigenvalue weighted by atomic mass is 10.2. The third-order valence-corrected chi connectivity index (χ3v) is 3.75. The van der Waals surface area contributed by atoms with Gasteiger partial charge in [0.05, 0.1) is 18.3 Å². The maximum Gasteiger partial charge on any atom is 0.237 e. The topological polar surface area (TPSA) is 58.4 Å². The average molecular weight is 396 g/mol. The number of amides is 1. The highest BCUT2D eigenvalue weighted by molar-refractivity contribution is 9.10. The Kier molecular flexibility index (Phi) is 6.93. The van der Waals surface area contributed by atoms with Crippen molar-refractivity contribution in [1.82, 2.24) is 20.0 Å². The van der Waals surface area contributed by atoms with Crippen LogP contribution < -0.4 is 10.6 Å². The standard InChI is InChI=1S/C13H15BrN4O.2ClH/c14-9-3-4-12-17-10(8-18(12)7-9)6-16-13(19)11-2-1-5-15-11;;/h3-4,7-8,11,15H,1-2,5-6H2,(H,16,19);2*1H. The molecule has 0 radical (unpaired) electrons. The minimum Gasteiger partial charge on any atom is -0.349 e. The highest BCUT2D eigenvalue weighted by Gasteiger charge is 2.21. The van der Waals surface area contributed by atoms with Crippen LogP contribution >= 0.6 is 40.7 Å². The Hall–Kier alpha value is -0.820. The Balaban J connectivity index is 0.00000110. The second-order valence-corrected chi connectivity index (χ2v) is 5.63. The van der Waals surface area contributed by atoms with Gasteiger partial charge < -0.3 is 15.0 Å². The van der Waals surface area contributed by atoms with Crippen LogP contribution in [0, 0.1) is 0 Å². The third-order valence-electron chi connectivity index (χ3n) is 3.29. The zero-order chi connectivity index (χ0) is 13.2. The Morgan fingerprint density at radius 1 is 1.43 bits per heavy atom. The summed E-state index contributed by atoms with van der Waals surface area (Å²) in [6.45, 7) is 1.40. The largest absolute Gasteiger partial charge is 0.349 e. The van der Waals surface area contributed by atoms with Crippen LogP contribution in [-0.2, 0) is 11.3 Å². The summed E-state index contributed by atoms with van der Waals surface area (Å²) in [4.78, 5) is 16.3. The smallest absolute Gasteiger partial charge is 0.237 e. The van der Waals surface area contributed by atoms with Gasteiger partial charge in [-0.2, -0.15) is 0 Å². The molecule has 0 saturated carbocycles. The Bertz CT molecular complexity index is 613. The molecule has 116 valence electrons. The minimum atomic E-state index is -0.0359. The van der Waals surface area contributed by atoms with Gasteiger partial charge in [-0.25, -0.2) is 4.98 Å².